The molecule has 112 valence electrons. The largest absolute Gasteiger partial charge is 0.278 e. The van der Waals surface area contributed by atoms with Crippen molar-refractivity contribution in [1.82, 2.24) is 4.90 Å². The summed E-state index contributed by atoms with van der Waals surface area (Å²) < 4.78 is 0. The number of non-ortho nitro benzene ring substituents is 1. The smallest absolute Gasteiger partial charge is 0.270 e. The van der Waals surface area contributed by atoms with E-state index in [1.54, 1.807) is 0 Å². The van der Waals surface area contributed by atoms with Crippen molar-refractivity contribution in [2.45, 2.75) is 26.2 Å². The molecule has 1 aromatic carbocycles. The highest BCUT2D eigenvalue weighted by Gasteiger charge is 2.34. The zero-order valence-electron chi connectivity index (χ0n) is 11.5. The lowest BCUT2D eigenvalue weighted by molar-refractivity contribution is -0.384. The molecule has 1 fully saturated rings. The van der Waals surface area contributed by atoms with Gasteiger partial charge >= 0.3 is 0 Å². The van der Waals surface area contributed by atoms with Crippen molar-refractivity contribution in [2.24, 2.45) is 5.92 Å². The summed E-state index contributed by atoms with van der Waals surface area (Å²) in [7, 11) is 0. The summed E-state index contributed by atoms with van der Waals surface area (Å²) in [6.45, 7) is 2.37. The van der Waals surface area contributed by atoms with Crippen LogP contribution >= 0.6 is 11.6 Å². The Morgan fingerprint density at radius 1 is 1.52 bits per heavy atom. The summed E-state index contributed by atoms with van der Waals surface area (Å²) in [5.41, 5.74) is -0.226. The molecule has 0 aliphatic carbocycles. The fourth-order valence-corrected chi connectivity index (χ4v) is 2.71. The second-order valence-electron chi connectivity index (χ2n) is 5.09. The van der Waals surface area contributed by atoms with Crippen LogP contribution in [0.2, 0.25) is 5.02 Å². The molecule has 21 heavy (non-hydrogen) atoms. The fourth-order valence-electron chi connectivity index (χ4n) is 2.52. The van der Waals surface area contributed by atoms with E-state index in [0.717, 1.165) is 23.8 Å². The Kier molecular flexibility index (Phi) is 4.57. The number of nitro benzene ring substituents is 1. The molecule has 0 bridgehead atoms. The second-order valence-corrected chi connectivity index (χ2v) is 5.50. The maximum absolute atomic E-state index is 12.4. The molecule has 0 radical (unpaired) electrons. The normalized spacial score (nSPS) is 18.1. The SMILES string of the molecule is CCCC1CC(=O)N(C(=O)c2cc([N+](=O)[O-])ccc2Cl)C1. The number of nitrogens with zero attached hydrogens (tertiary/aromatic N) is 2. The number of carbonyl (C=O) groups is 2. The number of nitro groups is 1. The van der Waals surface area contributed by atoms with E-state index in [1.165, 1.54) is 12.1 Å². The van der Waals surface area contributed by atoms with Gasteiger partial charge in [-0.2, -0.15) is 0 Å². The molecule has 1 aliphatic rings. The van der Waals surface area contributed by atoms with Crippen LogP contribution in [0.25, 0.3) is 0 Å². The van der Waals surface area contributed by atoms with E-state index in [2.05, 4.69) is 0 Å². The molecule has 0 spiro atoms. The number of benzene rings is 1. The van der Waals surface area contributed by atoms with Crippen molar-refractivity contribution in [3.05, 3.63) is 38.9 Å². The third-order valence-corrected chi connectivity index (χ3v) is 3.87. The first-order valence-electron chi connectivity index (χ1n) is 6.72. The van der Waals surface area contributed by atoms with Gasteiger partial charge in [0.25, 0.3) is 11.6 Å². The Balaban J connectivity index is 2.26. The number of halogens is 1. The maximum atomic E-state index is 12.4. The van der Waals surface area contributed by atoms with Gasteiger partial charge in [0, 0.05) is 25.1 Å². The number of hydrogen-bond acceptors (Lipinski definition) is 4. The number of amides is 2. The van der Waals surface area contributed by atoms with Crippen molar-refractivity contribution >= 4 is 29.1 Å². The zero-order chi connectivity index (χ0) is 15.6. The van der Waals surface area contributed by atoms with E-state index in [-0.39, 0.29) is 28.1 Å². The average Bonchev–Trinajstić information content (AvgIpc) is 2.79. The van der Waals surface area contributed by atoms with E-state index in [9.17, 15) is 19.7 Å². The quantitative estimate of drug-likeness (QED) is 0.486. The molecule has 1 saturated heterocycles. The molecule has 0 saturated carbocycles. The number of imide groups is 1. The molecule has 2 amide bonds. The molecule has 0 aromatic heterocycles. The summed E-state index contributed by atoms with van der Waals surface area (Å²) in [6.07, 6.45) is 2.15. The summed E-state index contributed by atoms with van der Waals surface area (Å²) in [4.78, 5) is 35.7. The molecule has 1 aliphatic heterocycles. The minimum absolute atomic E-state index is 0.00337. The summed E-state index contributed by atoms with van der Waals surface area (Å²) in [6, 6.07) is 3.65. The lowest BCUT2D eigenvalue weighted by Crippen LogP contribution is -2.32. The van der Waals surface area contributed by atoms with Gasteiger partial charge in [-0.05, 0) is 18.4 Å². The van der Waals surface area contributed by atoms with Crippen molar-refractivity contribution in [1.29, 1.82) is 0 Å². The van der Waals surface area contributed by atoms with E-state index in [0.29, 0.717) is 13.0 Å². The molecule has 6 nitrogen and oxygen atoms in total. The molecule has 1 heterocycles. The highest BCUT2D eigenvalue weighted by atomic mass is 35.5. The van der Waals surface area contributed by atoms with E-state index in [1.807, 2.05) is 6.92 Å². The zero-order valence-corrected chi connectivity index (χ0v) is 12.3. The van der Waals surface area contributed by atoms with Gasteiger partial charge in [0.15, 0.2) is 0 Å². The van der Waals surface area contributed by atoms with Crippen LogP contribution in [0.1, 0.15) is 36.5 Å². The van der Waals surface area contributed by atoms with Gasteiger partial charge in [-0.1, -0.05) is 24.9 Å². The van der Waals surface area contributed by atoms with Gasteiger partial charge in [0.2, 0.25) is 5.91 Å². The van der Waals surface area contributed by atoms with Crippen molar-refractivity contribution < 1.29 is 14.5 Å². The van der Waals surface area contributed by atoms with Gasteiger partial charge in [0.1, 0.15) is 0 Å². The standard InChI is InChI=1S/C14H15ClN2O4/c1-2-3-9-6-13(18)16(8-9)14(19)11-7-10(17(20)21)4-5-12(11)15/h4-5,7,9H,2-3,6,8H2,1H3. The Hall–Kier alpha value is -1.95. The van der Waals surface area contributed by atoms with Crippen LogP contribution in [-0.4, -0.2) is 28.2 Å². The minimum atomic E-state index is -0.598. The molecule has 7 heteroatoms. The minimum Gasteiger partial charge on any atom is -0.278 e. The monoisotopic (exact) mass is 310 g/mol. The molecule has 1 aromatic rings. The molecule has 1 unspecified atom stereocenters. The van der Waals surface area contributed by atoms with Gasteiger partial charge < -0.3 is 0 Å². The summed E-state index contributed by atoms with van der Waals surface area (Å²) in [5.74, 6) is -0.655. The number of rotatable bonds is 4. The second kappa shape index (κ2) is 6.22. The Labute approximate surface area is 126 Å². The predicted octanol–water partition coefficient (Wildman–Crippen LogP) is 3.04. The number of likely N-dealkylation sites (tertiary alicyclic amines) is 1. The third-order valence-electron chi connectivity index (χ3n) is 3.54. The first kappa shape index (κ1) is 15.4. The fraction of sp³-hybridized carbons (Fsp3) is 0.429. The van der Waals surface area contributed by atoms with Crippen LogP contribution in [0.5, 0.6) is 0 Å². The Morgan fingerprint density at radius 2 is 2.24 bits per heavy atom. The van der Waals surface area contributed by atoms with Crippen molar-refractivity contribution in [3.8, 4) is 0 Å². The highest BCUT2D eigenvalue weighted by molar-refractivity contribution is 6.34. The molecule has 0 N–H and O–H groups in total. The molecule has 2 rings (SSSR count). The van der Waals surface area contributed by atoms with E-state index >= 15 is 0 Å². The lowest BCUT2D eigenvalue weighted by atomic mass is 10.0. The van der Waals surface area contributed by atoms with E-state index in [4.69, 9.17) is 11.6 Å². The molecular formula is C14H15ClN2O4. The lowest BCUT2D eigenvalue weighted by Gasteiger charge is -2.15. The average molecular weight is 311 g/mol. The highest BCUT2D eigenvalue weighted by Crippen LogP contribution is 2.28. The summed E-state index contributed by atoms with van der Waals surface area (Å²) >= 11 is 5.94. The van der Waals surface area contributed by atoms with Gasteiger partial charge in [-0.25, -0.2) is 0 Å². The Bertz CT molecular complexity index is 603. The van der Waals surface area contributed by atoms with Gasteiger partial charge in [-0.15, -0.1) is 0 Å². The topological polar surface area (TPSA) is 80.5 Å². The predicted molar refractivity (Wildman–Crippen MR) is 77.2 cm³/mol. The van der Waals surface area contributed by atoms with Crippen molar-refractivity contribution in [3.63, 3.8) is 0 Å². The molecule has 1 atom stereocenters. The van der Waals surface area contributed by atoms with Crippen LogP contribution in [0, 0.1) is 16.0 Å². The van der Waals surface area contributed by atoms with Crippen molar-refractivity contribution in [2.75, 3.05) is 6.54 Å². The van der Waals surface area contributed by atoms with Crippen LogP contribution in [-0.2, 0) is 4.79 Å². The van der Waals surface area contributed by atoms with Crippen LogP contribution in [0.15, 0.2) is 18.2 Å². The summed E-state index contributed by atoms with van der Waals surface area (Å²) in [5, 5.41) is 10.9. The van der Waals surface area contributed by atoms with E-state index < -0.39 is 10.8 Å². The molecular weight excluding hydrogens is 296 g/mol. The number of hydrogen-bond donors (Lipinski definition) is 0. The van der Waals surface area contributed by atoms with Crippen LogP contribution < -0.4 is 0 Å². The van der Waals surface area contributed by atoms with Gasteiger partial charge in [-0.3, -0.25) is 24.6 Å². The van der Waals surface area contributed by atoms with Crippen LogP contribution in [0.3, 0.4) is 0 Å². The van der Waals surface area contributed by atoms with Crippen LogP contribution in [0.4, 0.5) is 5.69 Å². The van der Waals surface area contributed by atoms with Gasteiger partial charge in [0.05, 0.1) is 15.5 Å². The maximum Gasteiger partial charge on any atom is 0.270 e. The third kappa shape index (κ3) is 3.21. The first-order valence-corrected chi connectivity index (χ1v) is 7.10. The number of carbonyl (C=O) groups excluding carboxylic acids is 2. The Morgan fingerprint density at radius 3 is 2.86 bits per heavy atom. The first-order chi connectivity index (χ1) is 9.93.